The summed E-state index contributed by atoms with van der Waals surface area (Å²) in [5.41, 5.74) is 1.85. The second kappa shape index (κ2) is 5.02. The Morgan fingerprint density at radius 1 is 1.24 bits per heavy atom. The van der Waals surface area contributed by atoms with Gasteiger partial charge < -0.3 is 14.9 Å². The Bertz CT molecular complexity index is 384. The summed E-state index contributed by atoms with van der Waals surface area (Å²) in [5, 5.41) is 9.58. The third-order valence-corrected chi connectivity index (χ3v) is 3.39. The highest BCUT2D eigenvalue weighted by Crippen LogP contribution is 2.20. The smallest absolute Gasteiger partial charge is 0.128 e. The van der Waals surface area contributed by atoms with Crippen molar-refractivity contribution in [1.82, 2.24) is 9.88 Å². The molecule has 4 heteroatoms. The maximum absolute atomic E-state index is 9.58. The van der Waals surface area contributed by atoms with E-state index in [9.17, 15) is 5.11 Å². The Hall–Kier alpha value is -1.13. The van der Waals surface area contributed by atoms with Crippen LogP contribution in [0, 0.1) is 6.92 Å². The molecule has 0 radical (unpaired) electrons. The third-order valence-electron chi connectivity index (χ3n) is 3.39. The molecule has 1 fully saturated rings. The van der Waals surface area contributed by atoms with E-state index in [4.69, 9.17) is 0 Å². The van der Waals surface area contributed by atoms with Gasteiger partial charge in [0, 0.05) is 37.4 Å². The van der Waals surface area contributed by atoms with Gasteiger partial charge in [-0.1, -0.05) is 6.07 Å². The van der Waals surface area contributed by atoms with E-state index >= 15 is 0 Å². The molecule has 1 aliphatic rings. The summed E-state index contributed by atoms with van der Waals surface area (Å²) in [6.07, 6.45) is -0.441. The lowest BCUT2D eigenvalue weighted by Crippen LogP contribution is -2.44. The van der Waals surface area contributed by atoms with E-state index in [1.807, 2.05) is 19.1 Å². The molecule has 1 atom stereocenters. The number of nitrogens with zero attached hydrogens (tertiary/aromatic N) is 3. The molecule has 0 aromatic carbocycles. The van der Waals surface area contributed by atoms with Crippen LogP contribution >= 0.6 is 0 Å². The van der Waals surface area contributed by atoms with Gasteiger partial charge in [0.15, 0.2) is 0 Å². The van der Waals surface area contributed by atoms with Crippen LogP contribution in [0.3, 0.4) is 0 Å². The minimum atomic E-state index is -0.441. The zero-order valence-corrected chi connectivity index (χ0v) is 10.8. The summed E-state index contributed by atoms with van der Waals surface area (Å²) in [6.45, 7) is 7.95. The highest BCUT2D eigenvalue weighted by molar-refractivity contribution is 5.42. The standard InChI is InChI=1S/C13H21N3O/c1-10-12(11(2)17)4-5-13(14-10)16-8-6-15(3)7-9-16/h4-5,11,17H,6-9H2,1-3H3/t11-/m1/s1. The molecule has 0 spiro atoms. The first-order chi connectivity index (χ1) is 8.08. The molecule has 1 aromatic heterocycles. The summed E-state index contributed by atoms with van der Waals surface area (Å²) in [4.78, 5) is 9.22. The van der Waals surface area contributed by atoms with E-state index < -0.39 is 6.10 Å². The number of hydrogen-bond acceptors (Lipinski definition) is 4. The van der Waals surface area contributed by atoms with Gasteiger partial charge in [-0.2, -0.15) is 0 Å². The fourth-order valence-electron chi connectivity index (χ4n) is 2.21. The number of aliphatic hydroxyl groups is 1. The molecule has 1 saturated heterocycles. The molecule has 1 N–H and O–H groups in total. The molecule has 2 heterocycles. The maximum Gasteiger partial charge on any atom is 0.128 e. The van der Waals surface area contributed by atoms with Crippen molar-refractivity contribution in [2.45, 2.75) is 20.0 Å². The highest BCUT2D eigenvalue weighted by Gasteiger charge is 2.16. The van der Waals surface area contributed by atoms with Crippen LogP contribution in [0.25, 0.3) is 0 Å². The Labute approximate surface area is 103 Å². The van der Waals surface area contributed by atoms with Crippen molar-refractivity contribution in [1.29, 1.82) is 0 Å². The molecular formula is C13H21N3O. The van der Waals surface area contributed by atoms with Crippen LogP contribution in [-0.2, 0) is 0 Å². The Morgan fingerprint density at radius 3 is 2.41 bits per heavy atom. The average molecular weight is 235 g/mol. The third kappa shape index (κ3) is 2.76. The quantitative estimate of drug-likeness (QED) is 0.836. The SMILES string of the molecule is Cc1nc(N2CCN(C)CC2)ccc1[C@@H](C)O. The molecule has 0 aliphatic carbocycles. The van der Waals surface area contributed by atoms with E-state index in [-0.39, 0.29) is 0 Å². The second-order valence-electron chi connectivity index (χ2n) is 4.81. The molecule has 1 aliphatic heterocycles. The van der Waals surface area contributed by atoms with Crippen LogP contribution in [0.2, 0.25) is 0 Å². The van der Waals surface area contributed by atoms with Crippen LogP contribution in [0.5, 0.6) is 0 Å². The molecular weight excluding hydrogens is 214 g/mol. The van der Waals surface area contributed by atoms with Gasteiger partial charge in [-0.05, 0) is 27.0 Å². The zero-order valence-electron chi connectivity index (χ0n) is 10.8. The molecule has 0 bridgehead atoms. The van der Waals surface area contributed by atoms with Crippen LogP contribution in [0.4, 0.5) is 5.82 Å². The normalized spacial score (nSPS) is 19.4. The van der Waals surface area contributed by atoms with Crippen molar-refractivity contribution in [2.24, 2.45) is 0 Å². The van der Waals surface area contributed by atoms with Gasteiger partial charge in [-0.25, -0.2) is 4.98 Å². The topological polar surface area (TPSA) is 39.6 Å². The summed E-state index contributed by atoms with van der Waals surface area (Å²) >= 11 is 0. The number of anilines is 1. The van der Waals surface area contributed by atoms with Crippen LogP contribution in [0.1, 0.15) is 24.3 Å². The number of rotatable bonds is 2. The molecule has 17 heavy (non-hydrogen) atoms. The number of piperazine rings is 1. The largest absolute Gasteiger partial charge is 0.389 e. The molecule has 1 aromatic rings. The first kappa shape index (κ1) is 12.3. The number of aryl methyl sites for hydroxylation is 1. The number of likely N-dealkylation sites (N-methyl/N-ethyl adjacent to an activating group) is 1. The van der Waals surface area contributed by atoms with E-state index in [1.54, 1.807) is 6.92 Å². The minimum Gasteiger partial charge on any atom is -0.389 e. The van der Waals surface area contributed by atoms with Gasteiger partial charge in [0.1, 0.15) is 5.82 Å². The van der Waals surface area contributed by atoms with E-state index in [0.717, 1.165) is 43.3 Å². The predicted octanol–water partition coefficient (Wildman–Crippen LogP) is 1.20. The van der Waals surface area contributed by atoms with Crippen molar-refractivity contribution in [2.75, 3.05) is 38.1 Å². The Morgan fingerprint density at radius 2 is 1.88 bits per heavy atom. The van der Waals surface area contributed by atoms with Crippen LogP contribution < -0.4 is 4.90 Å². The van der Waals surface area contributed by atoms with E-state index in [0.29, 0.717) is 0 Å². The minimum absolute atomic E-state index is 0.441. The van der Waals surface area contributed by atoms with Crippen LogP contribution in [0.15, 0.2) is 12.1 Å². The first-order valence-corrected chi connectivity index (χ1v) is 6.17. The molecule has 0 saturated carbocycles. The van der Waals surface area contributed by atoms with Crippen molar-refractivity contribution in [3.8, 4) is 0 Å². The molecule has 94 valence electrons. The lowest BCUT2D eigenvalue weighted by Gasteiger charge is -2.33. The lowest BCUT2D eigenvalue weighted by molar-refractivity contribution is 0.198. The number of pyridine rings is 1. The van der Waals surface area contributed by atoms with Gasteiger partial charge in [0.2, 0.25) is 0 Å². The maximum atomic E-state index is 9.58. The Kier molecular flexibility index (Phi) is 3.64. The van der Waals surface area contributed by atoms with Gasteiger partial charge in [0.25, 0.3) is 0 Å². The summed E-state index contributed by atoms with van der Waals surface area (Å²) in [5.74, 6) is 1.03. The average Bonchev–Trinajstić information content (AvgIpc) is 2.29. The van der Waals surface area contributed by atoms with Crippen molar-refractivity contribution >= 4 is 5.82 Å². The van der Waals surface area contributed by atoms with Gasteiger partial charge in [-0.15, -0.1) is 0 Å². The first-order valence-electron chi connectivity index (χ1n) is 6.17. The number of aliphatic hydroxyl groups excluding tert-OH is 1. The summed E-state index contributed by atoms with van der Waals surface area (Å²) in [7, 11) is 2.15. The van der Waals surface area contributed by atoms with Gasteiger partial charge in [0.05, 0.1) is 6.10 Å². The van der Waals surface area contributed by atoms with Crippen molar-refractivity contribution < 1.29 is 5.11 Å². The van der Waals surface area contributed by atoms with Crippen molar-refractivity contribution in [3.63, 3.8) is 0 Å². The Balaban J connectivity index is 2.14. The fraction of sp³-hybridized carbons (Fsp3) is 0.615. The second-order valence-corrected chi connectivity index (χ2v) is 4.81. The monoisotopic (exact) mass is 235 g/mol. The predicted molar refractivity (Wildman–Crippen MR) is 69.3 cm³/mol. The molecule has 4 nitrogen and oxygen atoms in total. The van der Waals surface area contributed by atoms with Gasteiger partial charge >= 0.3 is 0 Å². The summed E-state index contributed by atoms with van der Waals surface area (Å²) < 4.78 is 0. The fourth-order valence-corrected chi connectivity index (χ4v) is 2.21. The lowest BCUT2D eigenvalue weighted by atomic mass is 10.1. The molecule has 0 unspecified atom stereocenters. The zero-order chi connectivity index (χ0) is 12.4. The number of hydrogen-bond donors (Lipinski definition) is 1. The molecule has 2 rings (SSSR count). The van der Waals surface area contributed by atoms with E-state index in [2.05, 4.69) is 21.8 Å². The number of aromatic nitrogens is 1. The van der Waals surface area contributed by atoms with E-state index in [1.165, 1.54) is 0 Å². The summed E-state index contributed by atoms with van der Waals surface area (Å²) in [6, 6.07) is 4.00. The van der Waals surface area contributed by atoms with Crippen molar-refractivity contribution in [3.05, 3.63) is 23.4 Å². The highest BCUT2D eigenvalue weighted by atomic mass is 16.3. The van der Waals surface area contributed by atoms with Crippen LogP contribution in [-0.4, -0.2) is 48.2 Å². The molecule has 0 amide bonds. The van der Waals surface area contributed by atoms with Gasteiger partial charge in [-0.3, -0.25) is 0 Å².